The zero-order valence-corrected chi connectivity index (χ0v) is 18.1. The molecule has 0 aromatic heterocycles. The Bertz CT molecular complexity index is 545. The van der Waals surface area contributed by atoms with Crippen molar-refractivity contribution in [2.75, 3.05) is 13.1 Å². The Morgan fingerprint density at radius 3 is 2.52 bits per heavy atom. The Balaban J connectivity index is 1.36. The van der Waals surface area contributed by atoms with Crippen molar-refractivity contribution in [2.45, 2.75) is 96.2 Å². The highest BCUT2D eigenvalue weighted by atomic mass is 16.2. The Labute approximate surface area is 175 Å². The summed E-state index contributed by atoms with van der Waals surface area (Å²) in [7, 11) is 0. The predicted octanol–water partition coefficient (Wildman–Crippen LogP) is 1.34. The third-order valence-electron chi connectivity index (χ3n) is 6.68. The highest BCUT2D eigenvalue weighted by Crippen LogP contribution is 2.40. The highest BCUT2D eigenvalue weighted by Gasteiger charge is 2.33. The van der Waals surface area contributed by atoms with Crippen molar-refractivity contribution in [1.29, 1.82) is 0 Å². The van der Waals surface area contributed by atoms with E-state index in [1.54, 1.807) is 0 Å². The molecule has 6 unspecified atom stereocenters. The molecule has 6 N–H and O–H groups in total. The standard InChI is InChI=1S/C21H40N6O2/c1-14-12-19(23-11-5-10-22-15(2)28)26-20(24-14)27-21(29)25-18-9-8-16-6-3-4-7-17(16)13-18/h14,16-20,23-24,26H,3-13H2,1-2H3,(H,22,28)(H2,25,27,29). The number of hydrogen-bond acceptors (Lipinski definition) is 5. The molecule has 0 spiro atoms. The van der Waals surface area contributed by atoms with Gasteiger partial charge < -0.3 is 21.3 Å². The lowest BCUT2D eigenvalue weighted by Crippen LogP contribution is -2.68. The Hall–Kier alpha value is -1.38. The van der Waals surface area contributed by atoms with Crippen molar-refractivity contribution in [2.24, 2.45) is 11.8 Å². The molecular weight excluding hydrogens is 368 g/mol. The summed E-state index contributed by atoms with van der Waals surface area (Å²) < 4.78 is 0. The molecule has 1 aliphatic heterocycles. The first-order valence-corrected chi connectivity index (χ1v) is 11.6. The smallest absolute Gasteiger partial charge is 0.317 e. The van der Waals surface area contributed by atoms with Gasteiger partial charge in [-0.05, 0) is 57.4 Å². The monoisotopic (exact) mass is 408 g/mol. The van der Waals surface area contributed by atoms with Crippen molar-refractivity contribution in [1.82, 2.24) is 31.9 Å². The average Bonchev–Trinajstić information content (AvgIpc) is 2.67. The summed E-state index contributed by atoms with van der Waals surface area (Å²) in [5.41, 5.74) is 0. The van der Waals surface area contributed by atoms with E-state index in [0.29, 0.717) is 18.6 Å². The van der Waals surface area contributed by atoms with E-state index in [1.807, 2.05) is 0 Å². The quantitative estimate of drug-likeness (QED) is 0.357. The van der Waals surface area contributed by atoms with Crippen molar-refractivity contribution in [3.8, 4) is 0 Å². The van der Waals surface area contributed by atoms with E-state index in [9.17, 15) is 9.59 Å². The summed E-state index contributed by atoms with van der Waals surface area (Å²) in [4.78, 5) is 23.5. The zero-order chi connectivity index (χ0) is 20.6. The molecule has 8 nitrogen and oxygen atoms in total. The van der Waals surface area contributed by atoms with Gasteiger partial charge in [0.15, 0.2) is 0 Å². The van der Waals surface area contributed by atoms with Gasteiger partial charge in [0.1, 0.15) is 6.29 Å². The molecule has 3 rings (SSSR count). The van der Waals surface area contributed by atoms with Crippen molar-refractivity contribution >= 4 is 11.9 Å². The van der Waals surface area contributed by atoms with E-state index < -0.39 is 0 Å². The average molecular weight is 409 g/mol. The van der Waals surface area contributed by atoms with Gasteiger partial charge in [0.05, 0.1) is 6.17 Å². The van der Waals surface area contributed by atoms with E-state index in [-0.39, 0.29) is 24.4 Å². The third kappa shape index (κ3) is 7.42. The number of urea groups is 1. The second-order valence-corrected chi connectivity index (χ2v) is 9.18. The summed E-state index contributed by atoms with van der Waals surface area (Å²) in [5, 5.41) is 19.3. The number of carbonyl (C=O) groups excluding carboxylic acids is 2. The number of hydrogen-bond donors (Lipinski definition) is 6. The molecule has 1 heterocycles. The van der Waals surface area contributed by atoms with Crippen LogP contribution in [0.1, 0.15) is 71.6 Å². The fourth-order valence-electron chi connectivity index (χ4n) is 5.24. The SMILES string of the molecule is CC(=O)NCCCNC1CC(C)NC(NC(=O)NC2CCC3CCCCC3C2)N1. The molecule has 166 valence electrons. The molecule has 3 amide bonds. The van der Waals surface area contributed by atoms with Crippen LogP contribution >= 0.6 is 0 Å². The maximum atomic E-state index is 12.6. The minimum Gasteiger partial charge on any atom is -0.356 e. The van der Waals surface area contributed by atoms with Crippen LogP contribution in [0.5, 0.6) is 0 Å². The summed E-state index contributed by atoms with van der Waals surface area (Å²) in [6.07, 6.45) is 10.7. The second kappa shape index (κ2) is 11.1. The van der Waals surface area contributed by atoms with Crippen LogP contribution in [-0.4, -0.2) is 49.6 Å². The molecule has 0 bridgehead atoms. The summed E-state index contributed by atoms with van der Waals surface area (Å²) >= 11 is 0. The fraction of sp³-hybridized carbons (Fsp3) is 0.905. The van der Waals surface area contributed by atoms with Gasteiger partial charge >= 0.3 is 6.03 Å². The number of nitrogens with one attached hydrogen (secondary N) is 6. The molecule has 29 heavy (non-hydrogen) atoms. The first kappa shape index (κ1) is 22.3. The maximum Gasteiger partial charge on any atom is 0.317 e. The molecule has 3 aliphatic rings. The van der Waals surface area contributed by atoms with Gasteiger partial charge in [0.2, 0.25) is 5.91 Å². The zero-order valence-electron chi connectivity index (χ0n) is 18.1. The summed E-state index contributed by atoms with van der Waals surface area (Å²) in [6, 6.07) is 0.512. The normalized spacial score (nSPS) is 34.7. The van der Waals surface area contributed by atoms with Gasteiger partial charge in [0.25, 0.3) is 0 Å². The first-order chi connectivity index (χ1) is 14.0. The predicted molar refractivity (Wildman–Crippen MR) is 114 cm³/mol. The number of rotatable bonds is 7. The van der Waals surface area contributed by atoms with Crippen LogP contribution in [0.2, 0.25) is 0 Å². The van der Waals surface area contributed by atoms with Crippen molar-refractivity contribution in [3.63, 3.8) is 0 Å². The van der Waals surface area contributed by atoms with Gasteiger partial charge in [0, 0.05) is 25.6 Å². The van der Waals surface area contributed by atoms with E-state index >= 15 is 0 Å². The minimum absolute atomic E-state index is 0.00543. The fourth-order valence-corrected chi connectivity index (χ4v) is 5.24. The summed E-state index contributed by atoms with van der Waals surface area (Å²) in [6.45, 7) is 5.15. The van der Waals surface area contributed by atoms with Gasteiger partial charge in [-0.2, -0.15) is 0 Å². The second-order valence-electron chi connectivity index (χ2n) is 9.18. The Morgan fingerprint density at radius 2 is 1.72 bits per heavy atom. The van der Waals surface area contributed by atoms with E-state index in [1.165, 1.54) is 39.0 Å². The lowest BCUT2D eigenvalue weighted by molar-refractivity contribution is -0.118. The minimum atomic E-state index is -0.252. The lowest BCUT2D eigenvalue weighted by atomic mass is 9.69. The molecule has 2 aliphatic carbocycles. The van der Waals surface area contributed by atoms with Crippen molar-refractivity contribution in [3.05, 3.63) is 0 Å². The van der Waals surface area contributed by atoms with Crippen LogP contribution in [0.3, 0.4) is 0 Å². The molecule has 2 saturated carbocycles. The molecule has 3 fully saturated rings. The Kier molecular flexibility index (Phi) is 8.56. The van der Waals surface area contributed by atoms with Crippen LogP contribution in [-0.2, 0) is 4.79 Å². The molecular formula is C21H40N6O2. The van der Waals surface area contributed by atoms with E-state index in [2.05, 4.69) is 38.8 Å². The Morgan fingerprint density at radius 1 is 0.931 bits per heavy atom. The summed E-state index contributed by atoms with van der Waals surface area (Å²) in [5.74, 6) is 1.70. The topological polar surface area (TPSA) is 106 Å². The first-order valence-electron chi connectivity index (χ1n) is 11.6. The van der Waals surface area contributed by atoms with Crippen LogP contribution < -0.4 is 31.9 Å². The van der Waals surface area contributed by atoms with Gasteiger partial charge in [-0.1, -0.05) is 25.7 Å². The van der Waals surface area contributed by atoms with Crippen LogP contribution in [0.15, 0.2) is 0 Å². The van der Waals surface area contributed by atoms with E-state index in [0.717, 1.165) is 44.1 Å². The van der Waals surface area contributed by atoms with E-state index in [4.69, 9.17) is 0 Å². The molecule has 8 heteroatoms. The molecule has 0 aromatic carbocycles. The van der Waals surface area contributed by atoms with Gasteiger partial charge in [-0.15, -0.1) is 0 Å². The molecule has 1 saturated heterocycles. The molecule has 0 aromatic rings. The van der Waals surface area contributed by atoms with Gasteiger partial charge in [-0.25, -0.2) is 4.79 Å². The van der Waals surface area contributed by atoms with Crippen molar-refractivity contribution < 1.29 is 9.59 Å². The maximum absolute atomic E-state index is 12.6. The van der Waals surface area contributed by atoms with Crippen LogP contribution in [0.4, 0.5) is 4.79 Å². The van der Waals surface area contributed by atoms with Gasteiger partial charge in [-0.3, -0.25) is 15.4 Å². The molecule has 0 radical (unpaired) electrons. The molecule has 6 atom stereocenters. The third-order valence-corrected chi connectivity index (χ3v) is 6.68. The number of carbonyl (C=O) groups is 2. The highest BCUT2D eigenvalue weighted by molar-refractivity contribution is 5.74. The van der Waals surface area contributed by atoms with Crippen LogP contribution in [0, 0.1) is 11.8 Å². The lowest BCUT2D eigenvalue weighted by Gasteiger charge is -2.40. The number of fused-ring (bicyclic) bond motifs is 1. The van der Waals surface area contributed by atoms with Crippen LogP contribution in [0.25, 0.3) is 0 Å². The number of amides is 3. The largest absolute Gasteiger partial charge is 0.356 e.